The zero-order valence-electron chi connectivity index (χ0n) is 14.3. The highest BCUT2D eigenvalue weighted by molar-refractivity contribution is 6.31. The zero-order valence-corrected chi connectivity index (χ0v) is 15.1. The van der Waals surface area contributed by atoms with Gasteiger partial charge in [0.25, 0.3) is 5.91 Å². The van der Waals surface area contributed by atoms with Crippen molar-refractivity contribution in [3.8, 4) is 17.2 Å². The Bertz CT molecular complexity index is 749. The third kappa shape index (κ3) is 3.57. The first-order valence-corrected chi connectivity index (χ1v) is 7.67. The van der Waals surface area contributed by atoms with Crippen molar-refractivity contribution in [3.63, 3.8) is 0 Å². The molecule has 2 aromatic carbocycles. The van der Waals surface area contributed by atoms with E-state index < -0.39 is 0 Å². The molecular formula is C18H20ClNO4. The molecule has 0 aliphatic rings. The number of hydrogen-bond donors (Lipinski definition) is 1. The second kappa shape index (κ2) is 7.45. The highest BCUT2D eigenvalue weighted by Crippen LogP contribution is 2.33. The van der Waals surface area contributed by atoms with E-state index in [0.29, 0.717) is 33.5 Å². The Labute approximate surface area is 146 Å². The summed E-state index contributed by atoms with van der Waals surface area (Å²) in [5.74, 6) is 1.36. The number of aryl methyl sites for hydroxylation is 1. The zero-order chi connectivity index (χ0) is 17.9. The summed E-state index contributed by atoms with van der Waals surface area (Å²) in [7, 11) is 4.62. The smallest absolute Gasteiger partial charge is 0.256 e. The maximum Gasteiger partial charge on any atom is 0.256 e. The van der Waals surface area contributed by atoms with Crippen LogP contribution in [0.5, 0.6) is 17.2 Å². The number of halogens is 1. The quantitative estimate of drug-likeness (QED) is 0.877. The van der Waals surface area contributed by atoms with Gasteiger partial charge >= 0.3 is 0 Å². The molecule has 0 fully saturated rings. The SMILES string of the molecule is COc1cc(Cl)c(C)cc1NC(=O)c1cc(OC)c(C)c(OC)c1. The van der Waals surface area contributed by atoms with E-state index in [9.17, 15) is 4.79 Å². The molecule has 0 unspecified atom stereocenters. The van der Waals surface area contributed by atoms with Gasteiger partial charge in [0.15, 0.2) is 0 Å². The summed E-state index contributed by atoms with van der Waals surface area (Å²) in [5.41, 5.74) is 2.63. The van der Waals surface area contributed by atoms with Crippen molar-refractivity contribution < 1.29 is 19.0 Å². The second-order valence-electron chi connectivity index (χ2n) is 5.26. The van der Waals surface area contributed by atoms with E-state index in [0.717, 1.165) is 11.1 Å². The Morgan fingerprint density at radius 1 is 0.917 bits per heavy atom. The van der Waals surface area contributed by atoms with Gasteiger partial charge in [-0.25, -0.2) is 0 Å². The molecule has 2 aromatic rings. The minimum Gasteiger partial charge on any atom is -0.496 e. The normalized spacial score (nSPS) is 10.2. The lowest BCUT2D eigenvalue weighted by molar-refractivity contribution is 0.102. The predicted molar refractivity (Wildman–Crippen MR) is 95.0 cm³/mol. The molecule has 0 saturated carbocycles. The molecular weight excluding hydrogens is 330 g/mol. The Morgan fingerprint density at radius 2 is 1.46 bits per heavy atom. The highest BCUT2D eigenvalue weighted by atomic mass is 35.5. The number of methoxy groups -OCH3 is 3. The summed E-state index contributed by atoms with van der Waals surface area (Å²) in [6.45, 7) is 3.72. The van der Waals surface area contributed by atoms with E-state index in [1.165, 1.54) is 7.11 Å². The van der Waals surface area contributed by atoms with E-state index in [1.807, 2.05) is 13.8 Å². The summed E-state index contributed by atoms with van der Waals surface area (Å²) >= 11 is 6.09. The van der Waals surface area contributed by atoms with Gasteiger partial charge in [-0.1, -0.05) is 11.6 Å². The monoisotopic (exact) mass is 349 g/mol. The van der Waals surface area contributed by atoms with Gasteiger partial charge in [0.05, 0.1) is 27.0 Å². The van der Waals surface area contributed by atoms with Crippen LogP contribution in [0.25, 0.3) is 0 Å². The first-order valence-electron chi connectivity index (χ1n) is 7.29. The third-order valence-electron chi connectivity index (χ3n) is 3.74. The van der Waals surface area contributed by atoms with E-state index in [-0.39, 0.29) is 5.91 Å². The van der Waals surface area contributed by atoms with Gasteiger partial charge in [-0.05, 0) is 37.6 Å². The van der Waals surface area contributed by atoms with Crippen LogP contribution in [-0.2, 0) is 0 Å². The molecule has 5 nitrogen and oxygen atoms in total. The molecule has 2 rings (SSSR count). The summed E-state index contributed by atoms with van der Waals surface area (Å²) in [6.07, 6.45) is 0. The highest BCUT2D eigenvalue weighted by Gasteiger charge is 2.16. The van der Waals surface area contributed by atoms with Crippen molar-refractivity contribution in [2.75, 3.05) is 26.6 Å². The van der Waals surface area contributed by atoms with Crippen molar-refractivity contribution in [2.45, 2.75) is 13.8 Å². The Balaban J connectivity index is 2.39. The predicted octanol–water partition coefficient (Wildman–Crippen LogP) is 4.23. The van der Waals surface area contributed by atoms with E-state index in [2.05, 4.69) is 5.32 Å². The van der Waals surface area contributed by atoms with Gasteiger partial charge in [0.2, 0.25) is 0 Å². The van der Waals surface area contributed by atoms with Crippen molar-refractivity contribution in [1.29, 1.82) is 0 Å². The van der Waals surface area contributed by atoms with E-state index >= 15 is 0 Å². The van der Waals surface area contributed by atoms with Gasteiger partial charge in [0, 0.05) is 22.2 Å². The Kier molecular flexibility index (Phi) is 5.57. The first kappa shape index (κ1) is 17.9. The molecule has 0 bridgehead atoms. The number of anilines is 1. The van der Waals surface area contributed by atoms with Crippen molar-refractivity contribution in [2.24, 2.45) is 0 Å². The fraction of sp³-hybridized carbons (Fsp3) is 0.278. The van der Waals surface area contributed by atoms with E-state index in [1.54, 1.807) is 38.5 Å². The van der Waals surface area contributed by atoms with Crippen LogP contribution in [0.1, 0.15) is 21.5 Å². The van der Waals surface area contributed by atoms with Gasteiger partial charge in [-0.3, -0.25) is 4.79 Å². The minimum atomic E-state index is -0.299. The number of nitrogens with one attached hydrogen (secondary N) is 1. The van der Waals surface area contributed by atoms with Crippen LogP contribution in [0.3, 0.4) is 0 Å². The molecule has 1 N–H and O–H groups in total. The third-order valence-corrected chi connectivity index (χ3v) is 4.15. The van der Waals surface area contributed by atoms with Gasteiger partial charge in [-0.15, -0.1) is 0 Å². The van der Waals surface area contributed by atoms with Gasteiger partial charge < -0.3 is 19.5 Å². The number of benzene rings is 2. The number of carbonyl (C=O) groups is 1. The number of ether oxygens (including phenoxy) is 3. The maximum absolute atomic E-state index is 12.6. The van der Waals surface area contributed by atoms with Crippen LogP contribution < -0.4 is 19.5 Å². The number of amides is 1. The number of rotatable bonds is 5. The van der Waals surface area contributed by atoms with Crippen LogP contribution in [0.2, 0.25) is 5.02 Å². The number of hydrogen-bond acceptors (Lipinski definition) is 4. The molecule has 24 heavy (non-hydrogen) atoms. The average molecular weight is 350 g/mol. The Hall–Kier alpha value is -2.40. The molecule has 0 aliphatic heterocycles. The molecule has 1 amide bonds. The first-order chi connectivity index (χ1) is 11.4. The van der Waals surface area contributed by atoms with Crippen molar-refractivity contribution >= 4 is 23.2 Å². The molecule has 0 saturated heterocycles. The van der Waals surface area contributed by atoms with Crippen LogP contribution in [-0.4, -0.2) is 27.2 Å². The average Bonchev–Trinajstić information content (AvgIpc) is 2.57. The number of carbonyl (C=O) groups excluding carboxylic acids is 1. The van der Waals surface area contributed by atoms with Gasteiger partial charge in [0.1, 0.15) is 17.2 Å². The Morgan fingerprint density at radius 3 is 1.96 bits per heavy atom. The van der Waals surface area contributed by atoms with Gasteiger partial charge in [-0.2, -0.15) is 0 Å². The lowest BCUT2D eigenvalue weighted by Gasteiger charge is -2.15. The van der Waals surface area contributed by atoms with Crippen LogP contribution in [0.4, 0.5) is 5.69 Å². The lowest BCUT2D eigenvalue weighted by atomic mass is 10.1. The van der Waals surface area contributed by atoms with Crippen molar-refractivity contribution in [3.05, 3.63) is 46.0 Å². The molecule has 0 aromatic heterocycles. The van der Waals surface area contributed by atoms with Crippen LogP contribution in [0, 0.1) is 13.8 Å². The molecule has 0 spiro atoms. The molecule has 0 atom stereocenters. The summed E-state index contributed by atoms with van der Waals surface area (Å²) in [6, 6.07) is 6.77. The fourth-order valence-electron chi connectivity index (χ4n) is 2.34. The summed E-state index contributed by atoms with van der Waals surface area (Å²) < 4.78 is 15.9. The molecule has 128 valence electrons. The van der Waals surface area contributed by atoms with Crippen molar-refractivity contribution in [1.82, 2.24) is 0 Å². The molecule has 0 aliphatic carbocycles. The second-order valence-corrected chi connectivity index (χ2v) is 5.67. The standard InChI is InChI=1S/C18H20ClNO4/c1-10-6-14(17(24-5)9-13(10)19)20-18(21)12-7-15(22-3)11(2)16(8-12)23-4/h6-9H,1-5H3,(H,20,21). The maximum atomic E-state index is 12.6. The fourth-order valence-corrected chi connectivity index (χ4v) is 2.50. The molecule has 0 radical (unpaired) electrons. The summed E-state index contributed by atoms with van der Waals surface area (Å²) in [4.78, 5) is 12.6. The van der Waals surface area contributed by atoms with E-state index in [4.69, 9.17) is 25.8 Å². The molecule has 0 heterocycles. The lowest BCUT2D eigenvalue weighted by Crippen LogP contribution is -2.13. The largest absolute Gasteiger partial charge is 0.496 e. The topological polar surface area (TPSA) is 56.8 Å². The van der Waals surface area contributed by atoms with Crippen LogP contribution in [0.15, 0.2) is 24.3 Å². The summed E-state index contributed by atoms with van der Waals surface area (Å²) in [5, 5.41) is 3.41. The van der Waals surface area contributed by atoms with Crippen LogP contribution >= 0.6 is 11.6 Å². The minimum absolute atomic E-state index is 0.299. The molecule has 6 heteroatoms.